The molecule has 4 N–H and O–H groups in total. The van der Waals surface area contributed by atoms with E-state index in [0.717, 1.165) is 0 Å². The Morgan fingerprint density at radius 3 is 2.61 bits per heavy atom. The Morgan fingerprint density at radius 2 is 2.06 bits per heavy atom. The minimum atomic E-state index is -3.66. The van der Waals surface area contributed by atoms with Crippen molar-refractivity contribution in [1.29, 1.82) is 0 Å². The summed E-state index contributed by atoms with van der Waals surface area (Å²) in [5, 5.41) is 9.01. The van der Waals surface area contributed by atoms with E-state index < -0.39 is 10.0 Å². The van der Waals surface area contributed by atoms with Gasteiger partial charge in [-0.1, -0.05) is 6.92 Å². The summed E-state index contributed by atoms with van der Waals surface area (Å²) in [6, 6.07) is 4.23. The predicted molar refractivity (Wildman–Crippen MR) is 74.6 cm³/mol. The average Bonchev–Trinajstić information content (AvgIpc) is 2.30. The van der Waals surface area contributed by atoms with Gasteiger partial charge in [0.25, 0.3) is 0 Å². The van der Waals surface area contributed by atoms with Crippen molar-refractivity contribution in [1.82, 2.24) is 4.72 Å². The lowest BCUT2D eigenvalue weighted by Crippen LogP contribution is -2.38. The summed E-state index contributed by atoms with van der Waals surface area (Å²) >= 11 is 3.19. The molecule has 1 aromatic rings. The average molecular weight is 337 g/mol. The van der Waals surface area contributed by atoms with E-state index in [2.05, 4.69) is 20.7 Å². The molecule has 5 nitrogen and oxygen atoms in total. The van der Waals surface area contributed by atoms with E-state index in [1.807, 2.05) is 0 Å². The Labute approximate surface area is 116 Å². The number of halogens is 1. The van der Waals surface area contributed by atoms with E-state index in [4.69, 9.17) is 10.8 Å². The second kappa shape index (κ2) is 6.01. The molecule has 0 aromatic heterocycles. The SMILES string of the molecule is CC(CO)C(C)NS(=O)(=O)c1cc(N)ccc1Br. The molecule has 102 valence electrons. The molecule has 1 aromatic carbocycles. The number of hydrogen-bond acceptors (Lipinski definition) is 4. The van der Waals surface area contributed by atoms with Gasteiger partial charge in [0.1, 0.15) is 0 Å². The van der Waals surface area contributed by atoms with Crippen molar-refractivity contribution in [2.24, 2.45) is 5.92 Å². The van der Waals surface area contributed by atoms with Gasteiger partial charge in [0.15, 0.2) is 0 Å². The number of nitrogens with two attached hydrogens (primary N) is 1. The molecule has 0 radical (unpaired) electrons. The van der Waals surface area contributed by atoms with Crippen LogP contribution < -0.4 is 10.5 Å². The summed E-state index contributed by atoms with van der Waals surface area (Å²) in [4.78, 5) is 0.0967. The normalized spacial score (nSPS) is 15.3. The molecule has 0 saturated heterocycles. The van der Waals surface area contributed by atoms with E-state index in [9.17, 15) is 8.42 Å². The van der Waals surface area contributed by atoms with Gasteiger partial charge in [-0.05, 0) is 47.0 Å². The van der Waals surface area contributed by atoms with Crippen LogP contribution in [0.15, 0.2) is 27.6 Å². The van der Waals surface area contributed by atoms with Crippen molar-refractivity contribution < 1.29 is 13.5 Å². The van der Waals surface area contributed by atoms with Gasteiger partial charge in [-0.3, -0.25) is 0 Å². The largest absolute Gasteiger partial charge is 0.399 e. The quantitative estimate of drug-likeness (QED) is 0.707. The van der Waals surface area contributed by atoms with Crippen LogP contribution in [0.5, 0.6) is 0 Å². The number of anilines is 1. The molecular formula is C11H17BrN2O3S. The van der Waals surface area contributed by atoms with Crippen molar-refractivity contribution in [3.8, 4) is 0 Å². The van der Waals surface area contributed by atoms with Gasteiger partial charge < -0.3 is 10.8 Å². The zero-order valence-electron chi connectivity index (χ0n) is 10.2. The molecule has 0 heterocycles. The second-order valence-corrected chi connectivity index (χ2v) is 6.80. The number of aliphatic hydroxyl groups is 1. The zero-order valence-corrected chi connectivity index (χ0v) is 12.6. The van der Waals surface area contributed by atoms with Gasteiger partial charge in [-0.15, -0.1) is 0 Å². The summed E-state index contributed by atoms with van der Waals surface area (Å²) in [6.45, 7) is 3.39. The summed E-state index contributed by atoms with van der Waals surface area (Å²) in [6.07, 6.45) is 0. The minimum Gasteiger partial charge on any atom is -0.399 e. The van der Waals surface area contributed by atoms with Gasteiger partial charge >= 0.3 is 0 Å². The molecule has 0 amide bonds. The Bertz CT molecular complexity index is 519. The first kappa shape index (κ1) is 15.4. The van der Waals surface area contributed by atoms with Crippen LogP contribution in [-0.4, -0.2) is 26.2 Å². The lowest BCUT2D eigenvalue weighted by Gasteiger charge is -2.19. The first-order chi connectivity index (χ1) is 8.27. The lowest BCUT2D eigenvalue weighted by molar-refractivity contribution is 0.216. The summed E-state index contributed by atoms with van der Waals surface area (Å²) in [5.74, 6) is -0.167. The summed E-state index contributed by atoms with van der Waals surface area (Å²) in [7, 11) is -3.66. The summed E-state index contributed by atoms with van der Waals surface area (Å²) < 4.78 is 27.3. The Hall–Kier alpha value is -0.630. The van der Waals surface area contributed by atoms with Crippen LogP contribution >= 0.6 is 15.9 Å². The maximum atomic E-state index is 12.2. The van der Waals surface area contributed by atoms with Crippen molar-refractivity contribution in [2.45, 2.75) is 24.8 Å². The van der Waals surface area contributed by atoms with Crippen LogP contribution in [0.25, 0.3) is 0 Å². The molecule has 2 unspecified atom stereocenters. The van der Waals surface area contributed by atoms with Gasteiger partial charge in [-0.25, -0.2) is 13.1 Å². The number of rotatable bonds is 5. The molecule has 0 aliphatic heterocycles. The Morgan fingerprint density at radius 1 is 1.44 bits per heavy atom. The van der Waals surface area contributed by atoms with Crippen LogP contribution in [0.4, 0.5) is 5.69 Å². The topological polar surface area (TPSA) is 92.4 Å². The van der Waals surface area contributed by atoms with Crippen LogP contribution in [0.1, 0.15) is 13.8 Å². The molecule has 0 aliphatic rings. The Balaban J connectivity index is 3.03. The van der Waals surface area contributed by atoms with Gasteiger partial charge in [0, 0.05) is 22.8 Å². The van der Waals surface area contributed by atoms with Crippen molar-refractivity contribution in [3.05, 3.63) is 22.7 Å². The highest BCUT2D eigenvalue weighted by Crippen LogP contribution is 2.24. The number of nitrogens with one attached hydrogen (secondary N) is 1. The summed E-state index contributed by atoms with van der Waals surface area (Å²) in [5.41, 5.74) is 5.96. The van der Waals surface area contributed by atoms with Gasteiger partial charge in [0.05, 0.1) is 4.90 Å². The molecule has 0 spiro atoms. The third-order valence-electron chi connectivity index (χ3n) is 2.73. The highest BCUT2D eigenvalue weighted by atomic mass is 79.9. The molecule has 2 atom stereocenters. The van der Waals surface area contributed by atoms with E-state index in [-0.39, 0.29) is 23.5 Å². The molecule has 0 saturated carbocycles. The number of sulfonamides is 1. The monoisotopic (exact) mass is 336 g/mol. The van der Waals surface area contributed by atoms with Crippen molar-refractivity contribution in [3.63, 3.8) is 0 Å². The molecule has 0 aliphatic carbocycles. The molecule has 7 heteroatoms. The van der Waals surface area contributed by atoms with E-state index in [0.29, 0.717) is 10.2 Å². The number of aliphatic hydroxyl groups excluding tert-OH is 1. The van der Waals surface area contributed by atoms with Crippen LogP contribution in [-0.2, 0) is 10.0 Å². The minimum absolute atomic E-state index is 0.0816. The van der Waals surface area contributed by atoms with E-state index in [1.54, 1.807) is 26.0 Å². The van der Waals surface area contributed by atoms with Gasteiger partial charge in [-0.2, -0.15) is 0 Å². The van der Waals surface area contributed by atoms with Crippen LogP contribution in [0.2, 0.25) is 0 Å². The van der Waals surface area contributed by atoms with E-state index in [1.165, 1.54) is 6.07 Å². The van der Waals surface area contributed by atoms with Crippen LogP contribution in [0.3, 0.4) is 0 Å². The molecule has 1 rings (SSSR count). The van der Waals surface area contributed by atoms with E-state index >= 15 is 0 Å². The maximum absolute atomic E-state index is 12.2. The fourth-order valence-electron chi connectivity index (χ4n) is 1.31. The van der Waals surface area contributed by atoms with Gasteiger partial charge in [0.2, 0.25) is 10.0 Å². The Kier molecular flexibility index (Phi) is 5.15. The lowest BCUT2D eigenvalue weighted by atomic mass is 10.1. The third-order valence-corrected chi connectivity index (χ3v) is 5.28. The molecular weight excluding hydrogens is 320 g/mol. The maximum Gasteiger partial charge on any atom is 0.242 e. The number of nitrogen functional groups attached to an aromatic ring is 1. The standard InChI is InChI=1S/C11H17BrN2O3S/c1-7(6-15)8(2)14-18(16,17)11-5-9(13)3-4-10(11)12/h3-5,7-8,14-15H,6,13H2,1-2H3. The molecule has 0 bridgehead atoms. The second-order valence-electron chi connectivity index (χ2n) is 4.26. The van der Waals surface area contributed by atoms with Crippen molar-refractivity contribution in [2.75, 3.05) is 12.3 Å². The fraction of sp³-hybridized carbons (Fsp3) is 0.455. The molecule has 18 heavy (non-hydrogen) atoms. The first-order valence-electron chi connectivity index (χ1n) is 5.46. The zero-order chi connectivity index (χ0) is 13.9. The first-order valence-corrected chi connectivity index (χ1v) is 7.73. The highest BCUT2D eigenvalue weighted by Gasteiger charge is 2.23. The highest BCUT2D eigenvalue weighted by molar-refractivity contribution is 9.10. The number of benzene rings is 1. The third kappa shape index (κ3) is 3.68. The smallest absolute Gasteiger partial charge is 0.242 e. The molecule has 0 fully saturated rings. The van der Waals surface area contributed by atoms with Crippen molar-refractivity contribution >= 4 is 31.6 Å². The predicted octanol–water partition coefficient (Wildman–Crippen LogP) is 1.33. The van der Waals surface area contributed by atoms with Crippen LogP contribution in [0, 0.1) is 5.92 Å². The number of hydrogen-bond donors (Lipinski definition) is 3. The fourth-order valence-corrected chi connectivity index (χ4v) is 3.66.